The Bertz CT molecular complexity index is 929. The number of fused-ring (bicyclic) bond motifs is 3. The number of para-hydroxylation sites is 1. The summed E-state index contributed by atoms with van der Waals surface area (Å²) in [5.41, 5.74) is 1.98. The van der Waals surface area contributed by atoms with E-state index in [4.69, 9.17) is 11.6 Å². The van der Waals surface area contributed by atoms with Crippen molar-refractivity contribution in [1.82, 2.24) is 10.2 Å². The van der Waals surface area contributed by atoms with E-state index in [0.717, 1.165) is 5.56 Å². The molecule has 1 aliphatic rings. The van der Waals surface area contributed by atoms with Crippen LogP contribution in [0, 0.1) is 11.6 Å². The summed E-state index contributed by atoms with van der Waals surface area (Å²) in [6, 6.07) is 10.9. The second kappa shape index (κ2) is 5.17. The first-order valence-electron chi connectivity index (χ1n) is 6.78. The minimum absolute atomic E-state index is 0.0371. The summed E-state index contributed by atoms with van der Waals surface area (Å²) in [4.78, 5) is 4.31. The fourth-order valence-electron chi connectivity index (χ4n) is 2.51. The molecular formula is C16H9ClF2N4. The lowest BCUT2D eigenvalue weighted by atomic mass is 10.1. The fourth-order valence-corrected chi connectivity index (χ4v) is 2.69. The molecule has 2 aromatic carbocycles. The van der Waals surface area contributed by atoms with Gasteiger partial charge >= 0.3 is 0 Å². The summed E-state index contributed by atoms with van der Waals surface area (Å²) in [6.45, 7) is 0. The highest BCUT2D eigenvalue weighted by Gasteiger charge is 2.24. The molecule has 2 N–H and O–H groups in total. The van der Waals surface area contributed by atoms with Gasteiger partial charge in [-0.3, -0.25) is 5.10 Å². The number of aromatic nitrogens is 2. The van der Waals surface area contributed by atoms with Crippen molar-refractivity contribution in [2.45, 2.75) is 0 Å². The lowest BCUT2D eigenvalue weighted by Gasteiger charge is -2.11. The number of amidine groups is 1. The standard InChI is InChI=1S/C16H9ClF2N4/c17-15-14-13(22-23-15)8-4-1-2-7-11(8)20-16(21-14)12-9(18)5-3-6-10(12)19/h1-7H,(H,20,21)(H,22,23). The van der Waals surface area contributed by atoms with E-state index in [-0.39, 0.29) is 16.6 Å². The second-order valence-electron chi connectivity index (χ2n) is 4.96. The number of nitrogens with zero attached hydrogens (tertiary/aromatic N) is 2. The van der Waals surface area contributed by atoms with Gasteiger partial charge in [0.2, 0.25) is 0 Å². The summed E-state index contributed by atoms with van der Waals surface area (Å²) in [5.74, 6) is -1.39. The van der Waals surface area contributed by atoms with E-state index in [9.17, 15) is 8.78 Å². The summed E-state index contributed by atoms with van der Waals surface area (Å²) < 4.78 is 28.3. The van der Waals surface area contributed by atoms with Crippen LogP contribution in [0.25, 0.3) is 11.3 Å². The van der Waals surface area contributed by atoms with Gasteiger partial charge in [0.05, 0.1) is 5.56 Å². The summed E-state index contributed by atoms with van der Waals surface area (Å²) in [6.07, 6.45) is 0. The number of nitrogens with one attached hydrogen (secondary N) is 2. The lowest BCUT2D eigenvalue weighted by Crippen LogP contribution is -2.16. The molecule has 0 saturated carbocycles. The zero-order chi connectivity index (χ0) is 16.0. The first-order chi connectivity index (χ1) is 11.1. The quantitative estimate of drug-likeness (QED) is 0.689. The highest BCUT2D eigenvalue weighted by molar-refractivity contribution is 6.33. The van der Waals surface area contributed by atoms with Crippen LogP contribution < -0.4 is 5.32 Å². The van der Waals surface area contributed by atoms with Crippen molar-refractivity contribution < 1.29 is 8.78 Å². The Morgan fingerprint density at radius 2 is 1.70 bits per heavy atom. The van der Waals surface area contributed by atoms with E-state index < -0.39 is 11.6 Å². The molecule has 0 saturated heterocycles. The third kappa shape index (κ3) is 2.19. The predicted octanol–water partition coefficient (Wildman–Crippen LogP) is 4.51. The molecule has 0 amide bonds. The van der Waals surface area contributed by atoms with Crippen molar-refractivity contribution in [3.63, 3.8) is 0 Å². The van der Waals surface area contributed by atoms with Crippen molar-refractivity contribution in [2.24, 2.45) is 4.99 Å². The highest BCUT2D eigenvalue weighted by atomic mass is 35.5. The van der Waals surface area contributed by atoms with Crippen molar-refractivity contribution in [3.8, 4) is 11.3 Å². The van der Waals surface area contributed by atoms with Crippen LogP contribution in [0.2, 0.25) is 5.15 Å². The third-order valence-electron chi connectivity index (χ3n) is 3.56. The number of benzene rings is 2. The highest BCUT2D eigenvalue weighted by Crippen LogP contribution is 2.40. The number of aromatic amines is 1. The van der Waals surface area contributed by atoms with Crippen LogP contribution in [-0.2, 0) is 0 Å². The minimum atomic E-state index is -0.711. The van der Waals surface area contributed by atoms with Gasteiger partial charge in [-0.25, -0.2) is 13.8 Å². The number of anilines is 1. The number of aliphatic imine (C=N–C) groups is 1. The number of hydrogen-bond acceptors (Lipinski definition) is 3. The van der Waals surface area contributed by atoms with Gasteiger partial charge in [0.25, 0.3) is 0 Å². The second-order valence-corrected chi connectivity index (χ2v) is 5.34. The first-order valence-corrected chi connectivity index (χ1v) is 7.16. The van der Waals surface area contributed by atoms with E-state index in [1.165, 1.54) is 18.2 Å². The Balaban J connectivity index is 2.01. The van der Waals surface area contributed by atoms with Crippen LogP contribution in [0.5, 0.6) is 0 Å². The number of hydrogen-bond donors (Lipinski definition) is 2. The van der Waals surface area contributed by atoms with Crippen molar-refractivity contribution >= 4 is 28.8 Å². The van der Waals surface area contributed by atoms with Gasteiger partial charge in [-0.1, -0.05) is 35.9 Å². The van der Waals surface area contributed by atoms with Crippen LogP contribution >= 0.6 is 11.6 Å². The normalized spacial score (nSPS) is 12.7. The van der Waals surface area contributed by atoms with Gasteiger partial charge in [-0.15, -0.1) is 0 Å². The maximum Gasteiger partial charge on any atom is 0.150 e. The Morgan fingerprint density at radius 1 is 0.957 bits per heavy atom. The predicted molar refractivity (Wildman–Crippen MR) is 85.2 cm³/mol. The van der Waals surface area contributed by atoms with E-state index >= 15 is 0 Å². The summed E-state index contributed by atoms with van der Waals surface area (Å²) in [5, 5.41) is 9.96. The van der Waals surface area contributed by atoms with Gasteiger partial charge in [0.1, 0.15) is 28.9 Å². The van der Waals surface area contributed by atoms with Gasteiger partial charge in [-0.2, -0.15) is 5.10 Å². The maximum atomic E-state index is 14.1. The van der Waals surface area contributed by atoms with E-state index in [1.807, 2.05) is 12.1 Å². The Labute approximate surface area is 134 Å². The fraction of sp³-hybridized carbons (Fsp3) is 0. The molecule has 3 aromatic rings. The molecule has 1 aliphatic heterocycles. The van der Waals surface area contributed by atoms with E-state index in [2.05, 4.69) is 20.5 Å². The molecule has 0 aliphatic carbocycles. The van der Waals surface area contributed by atoms with Gasteiger partial charge in [0, 0.05) is 11.3 Å². The van der Waals surface area contributed by atoms with Gasteiger partial charge in [-0.05, 0) is 18.2 Å². The SMILES string of the molecule is Fc1cccc(F)c1C1=Nc2c(n[nH]c2Cl)-c2ccccc2N1. The zero-order valence-electron chi connectivity index (χ0n) is 11.6. The van der Waals surface area contributed by atoms with Crippen molar-refractivity contribution in [2.75, 3.05) is 5.32 Å². The molecule has 0 bridgehead atoms. The Morgan fingerprint density at radius 3 is 2.48 bits per heavy atom. The first kappa shape index (κ1) is 13.9. The molecule has 23 heavy (non-hydrogen) atoms. The minimum Gasteiger partial charge on any atom is -0.339 e. The van der Waals surface area contributed by atoms with Crippen LogP contribution in [0.3, 0.4) is 0 Å². The molecule has 1 aromatic heterocycles. The van der Waals surface area contributed by atoms with Crippen molar-refractivity contribution in [1.29, 1.82) is 0 Å². The third-order valence-corrected chi connectivity index (χ3v) is 3.82. The van der Waals surface area contributed by atoms with Crippen LogP contribution in [0.4, 0.5) is 20.2 Å². The molecule has 0 unspecified atom stereocenters. The maximum absolute atomic E-state index is 14.1. The average Bonchev–Trinajstić information content (AvgIpc) is 2.80. The lowest BCUT2D eigenvalue weighted by molar-refractivity contribution is 0.579. The molecule has 0 atom stereocenters. The number of H-pyrrole nitrogens is 1. The van der Waals surface area contributed by atoms with E-state index in [0.29, 0.717) is 17.1 Å². The van der Waals surface area contributed by atoms with Crippen LogP contribution in [0.1, 0.15) is 5.56 Å². The van der Waals surface area contributed by atoms with Crippen LogP contribution in [-0.4, -0.2) is 16.0 Å². The summed E-state index contributed by atoms with van der Waals surface area (Å²) in [7, 11) is 0. The molecule has 0 spiro atoms. The smallest absolute Gasteiger partial charge is 0.150 e. The topological polar surface area (TPSA) is 53.1 Å². The Hall–Kier alpha value is -2.73. The molecule has 2 heterocycles. The average molecular weight is 331 g/mol. The molecule has 4 nitrogen and oxygen atoms in total. The Kier molecular flexibility index (Phi) is 3.12. The molecule has 0 fully saturated rings. The number of halogens is 3. The van der Waals surface area contributed by atoms with Gasteiger partial charge in [0.15, 0.2) is 5.15 Å². The van der Waals surface area contributed by atoms with E-state index in [1.54, 1.807) is 12.1 Å². The zero-order valence-corrected chi connectivity index (χ0v) is 12.3. The molecule has 4 rings (SSSR count). The molecular weight excluding hydrogens is 322 g/mol. The van der Waals surface area contributed by atoms with Gasteiger partial charge < -0.3 is 5.32 Å². The van der Waals surface area contributed by atoms with Crippen molar-refractivity contribution in [3.05, 3.63) is 64.8 Å². The molecule has 0 radical (unpaired) electrons. The monoisotopic (exact) mass is 330 g/mol. The van der Waals surface area contributed by atoms with Crippen LogP contribution in [0.15, 0.2) is 47.5 Å². The molecule has 114 valence electrons. The summed E-state index contributed by atoms with van der Waals surface area (Å²) >= 11 is 6.09. The largest absolute Gasteiger partial charge is 0.339 e. The molecule has 7 heteroatoms. The number of rotatable bonds is 1.